The van der Waals surface area contributed by atoms with Gasteiger partial charge in [0.1, 0.15) is 0 Å². The Morgan fingerprint density at radius 3 is 2.25 bits per heavy atom. The van der Waals surface area contributed by atoms with E-state index in [4.69, 9.17) is 5.73 Å². The summed E-state index contributed by atoms with van der Waals surface area (Å²) < 4.78 is 0. The molecule has 92 valence electrons. The molecule has 4 nitrogen and oxygen atoms in total. The molecule has 16 heavy (non-hydrogen) atoms. The summed E-state index contributed by atoms with van der Waals surface area (Å²) >= 11 is 0. The van der Waals surface area contributed by atoms with Crippen LogP contribution in [0.15, 0.2) is 0 Å². The maximum atomic E-state index is 11.4. The van der Waals surface area contributed by atoms with Crippen molar-refractivity contribution in [2.45, 2.75) is 25.7 Å². The Kier molecular flexibility index (Phi) is 4.18. The van der Waals surface area contributed by atoms with Gasteiger partial charge < -0.3 is 16.0 Å². The van der Waals surface area contributed by atoms with Gasteiger partial charge in [-0.3, -0.25) is 4.79 Å². The van der Waals surface area contributed by atoms with Crippen molar-refractivity contribution < 1.29 is 4.79 Å². The van der Waals surface area contributed by atoms with Gasteiger partial charge in [0, 0.05) is 13.1 Å². The van der Waals surface area contributed by atoms with Crippen LogP contribution in [0.1, 0.15) is 25.7 Å². The van der Waals surface area contributed by atoms with Crippen molar-refractivity contribution in [1.82, 2.24) is 10.2 Å². The van der Waals surface area contributed by atoms with Gasteiger partial charge in [0.25, 0.3) is 0 Å². The van der Waals surface area contributed by atoms with Crippen LogP contribution in [0.25, 0.3) is 0 Å². The summed E-state index contributed by atoms with van der Waals surface area (Å²) in [5, 5.41) is 3.41. The van der Waals surface area contributed by atoms with E-state index < -0.39 is 0 Å². The molecule has 2 aliphatic heterocycles. The predicted octanol–water partition coefficient (Wildman–Crippen LogP) is 0.183. The lowest BCUT2D eigenvalue weighted by molar-refractivity contribution is -0.131. The molecule has 0 unspecified atom stereocenters. The van der Waals surface area contributed by atoms with E-state index in [1.54, 1.807) is 0 Å². The van der Waals surface area contributed by atoms with E-state index in [2.05, 4.69) is 5.32 Å². The molecule has 0 aromatic carbocycles. The van der Waals surface area contributed by atoms with Gasteiger partial charge in [0.15, 0.2) is 0 Å². The number of likely N-dealkylation sites (tertiary alicyclic amines) is 1. The first-order valence-electron chi connectivity index (χ1n) is 6.50. The average Bonchev–Trinajstić information content (AvgIpc) is 2.39. The van der Waals surface area contributed by atoms with Crippen LogP contribution in [0.4, 0.5) is 0 Å². The maximum Gasteiger partial charge on any atom is 0.236 e. The molecule has 0 aliphatic carbocycles. The van der Waals surface area contributed by atoms with E-state index in [-0.39, 0.29) is 12.5 Å². The molecule has 0 aromatic heterocycles. The smallest absolute Gasteiger partial charge is 0.236 e. The maximum absolute atomic E-state index is 11.4. The molecule has 3 N–H and O–H groups in total. The Morgan fingerprint density at radius 2 is 1.69 bits per heavy atom. The molecule has 2 aliphatic rings. The van der Waals surface area contributed by atoms with E-state index in [0.29, 0.717) is 0 Å². The first-order chi connectivity index (χ1) is 7.81. The molecule has 0 spiro atoms. The third-order valence-electron chi connectivity index (χ3n) is 4.12. The predicted molar refractivity (Wildman–Crippen MR) is 64.0 cm³/mol. The molecule has 0 atom stereocenters. The summed E-state index contributed by atoms with van der Waals surface area (Å²) in [5.41, 5.74) is 5.38. The van der Waals surface area contributed by atoms with Gasteiger partial charge in [-0.05, 0) is 50.6 Å². The number of nitrogens with one attached hydrogen (secondary N) is 1. The Labute approximate surface area is 97.6 Å². The fourth-order valence-electron chi connectivity index (χ4n) is 3.07. The number of hydrogen-bond donors (Lipinski definition) is 2. The Hall–Kier alpha value is -0.610. The molecular weight excluding hydrogens is 202 g/mol. The van der Waals surface area contributed by atoms with Crippen LogP contribution in [0.3, 0.4) is 0 Å². The van der Waals surface area contributed by atoms with Gasteiger partial charge in [-0.25, -0.2) is 0 Å². The minimum absolute atomic E-state index is 0.115. The van der Waals surface area contributed by atoms with Gasteiger partial charge in [-0.2, -0.15) is 0 Å². The van der Waals surface area contributed by atoms with Crippen molar-refractivity contribution in [2.75, 3.05) is 32.7 Å². The summed E-state index contributed by atoms with van der Waals surface area (Å²) in [4.78, 5) is 13.4. The molecule has 0 radical (unpaired) electrons. The highest BCUT2D eigenvalue weighted by Gasteiger charge is 2.28. The lowest BCUT2D eigenvalue weighted by Gasteiger charge is -2.37. The van der Waals surface area contributed by atoms with Crippen molar-refractivity contribution in [3.8, 4) is 0 Å². The van der Waals surface area contributed by atoms with Gasteiger partial charge in [0.05, 0.1) is 6.54 Å². The summed E-state index contributed by atoms with van der Waals surface area (Å²) in [5.74, 6) is 1.84. The zero-order valence-electron chi connectivity index (χ0n) is 9.95. The number of nitrogens with zero attached hydrogens (tertiary/aromatic N) is 1. The van der Waals surface area contributed by atoms with Crippen molar-refractivity contribution in [3.63, 3.8) is 0 Å². The summed E-state index contributed by atoms with van der Waals surface area (Å²) in [6.45, 7) is 4.35. The fraction of sp³-hybridized carbons (Fsp3) is 0.917. The normalized spacial score (nSPS) is 24.7. The molecule has 0 saturated carbocycles. The number of piperidine rings is 2. The molecule has 2 fully saturated rings. The van der Waals surface area contributed by atoms with E-state index >= 15 is 0 Å². The minimum Gasteiger partial charge on any atom is -0.342 e. The highest BCUT2D eigenvalue weighted by molar-refractivity contribution is 5.78. The van der Waals surface area contributed by atoms with Crippen LogP contribution in [0, 0.1) is 11.8 Å². The van der Waals surface area contributed by atoms with Crippen LogP contribution in [-0.2, 0) is 4.79 Å². The van der Waals surface area contributed by atoms with Crippen molar-refractivity contribution >= 4 is 5.91 Å². The highest BCUT2D eigenvalue weighted by atomic mass is 16.2. The zero-order chi connectivity index (χ0) is 11.4. The Balaban J connectivity index is 1.78. The highest BCUT2D eigenvalue weighted by Crippen LogP contribution is 2.30. The third-order valence-corrected chi connectivity index (χ3v) is 4.12. The SMILES string of the molecule is NCC(=O)N1CCC(C2CCNCC2)CC1. The van der Waals surface area contributed by atoms with Crippen LogP contribution in [-0.4, -0.2) is 43.5 Å². The average molecular weight is 225 g/mol. The number of nitrogens with two attached hydrogens (primary N) is 1. The van der Waals surface area contributed by atoms with Crippen LogP contribution in [0.5, 0.6) is 0 Å². The molecule has 2 rings (SSSR count). The summed E-state index contributed by atoms with van der Waals surface area (Å²) in [7, 11) is 0. The quantitative estimate of drug-likeness (QED) is 0.705. The Bertz CT molecular complexity index is 230. The number of carbonyl (C=O) groups is 1. The summed E-state index contributed by atoms with van der Waals surface area (Å²) in [6, 6.07) is 0. The van der Waals surface area contributed by atoms with Crippen LogP contribution >= 0.6 is 0 Å². The molecular formula is C12H23N3O. The number of amides is 1. The van der Waals surface area contributed by atoms with E-state index in [1.807, 2.05) is 4.90 Å². The van der Waals surface area contributed by atoms with Crippen LogP contribution in [0.2, 0.25) is 0 Å². The van der Waals surface area contributed by atoms with E-state index in [1.165, 1.54) is 38.8 Å². The minimum atomic E-state index is 0.115. The topological polar surface area (TPSA) is 58.4 Å². The molecule has 2 heterocycles. The number of hydrogen-bond acceptors (Lipinski definition) is 3. The van der Waals surface area contributed by atoms with Crippen molar-refractivity contribution in [1.29, 1.82) is 0 Å². The largest absolute Gasteiger partial charge is 0.342 e. The van der Waals surface area contributed by atoms with E-state index in [0.717, 1.165) is 24.9 Å². The van der Waals surface area contributed by atoms with Gasteiger partial charge in [-0.1, -0.05) is 0 Å². The van der Waals surface area contributed by atoms with Gasteiger partial charge in [0.2, 0.25) is 5.91 Å². The molecule has 1 amide bonds. The van der Waals surface area contributed by atoms with Crippen molar-refractivity contribution in [3.05, 3.63) is 0 Å². The standard InChI is InChI=1S/C12H23N3O/c13-9-12(16)15-7-3-11(4-8-15)10-1-5-14-6-2-10/h10-11,14H,1-9,13H2. The zero-order valence-corrected chi connectivity index (χ0v) is 9.95. The lowest BCUT2D eigenvalue weighted by atomic mass is 9.79. The first-order valence-corrected chi connectivity index (χ1v) is 6.50. The van der Waals surface area contributed by atoms with Crippen LogP contribution < -0.4 is 11.1 Å². The number of rotatable bonds is 2. The molecule has 4 heteroatoms. The van der Waals surface area contributed by atoms with Crippen molar-refractivity contribution in [2.24, 2.45) is 17.6 Å². The summed E-state index contributed by atoms with van der Waals surface area (Å²) in [6.07, 6.45) is 4.98. The Morgan fingerprint density at radius 1 is 1.12 bits per heavy atom. The second kappa shape index (κ2) is 5.64. The fourth-order valence-corrected chi connectivity index (χ4v) is 3.07. The molecule has 2 saturated heterocycles. The van der Waals surface area contributed by atoms with Gasteiger partial charge >= 0.3 is 0 Å². The second-order valence-corrected chi connectivity index (χ2v) is 5.01. The second-order valence-electron chi connectivity index (χ2n) is 5.01. The van der Waals surface area contributed by atoms with Gasteiger partial charge in [-0.15, -0.1) is 0 Å². The third kappa shape index (κ3) is 2.74. The molecule has 0 bridgehead atoms. The lowest BCUT2D eigenvalue weighted by Crippen LogP contribution is -2.44. The monoisotopic (exact) mass is 225 g/mol. The first kappa shape index (κ1) is 11.9. The molecule has 0 aromatic rings. The van der Waals surface area contributed by atoms with E-state index in [9.17, 15) is 4.79 Å². The number of carbonyl (C=O) groups excluding carboxylic acids is 1.